The topological polar surface area (TPSA) is 80.9 Å². The summed E-state index contributed by atoms with van der Waals surface area (Å²) in [5, 5.41) is 35.8. The minimum absolute atomic E-state index is 0.0885. The number of alkyl halides is 1. The standard InChI is InChI=1S/C10H18O2.C2H6BClO2/c1-8(2)7-4-5-9(3,11)10(8,12)6-7;1-2(4)3(5)6/h7,11-12H,4-6H2,1-3H3;2,5-6H,1H3/t7?,9?,10-;2-/m01/s1. The van der Waals surface area contributed by atoms with E-state index in [1.54, 1.807) is 6.92 Å². The molecule has 0 aromatic rings. The van der Waals surface area contributed by atoms with E-state index in [0.717, 1.165) is 19.3 Å². The second-order valence-corrected chi connectivity index (χ2v) is 7.08. The third-order valence-corrected chi connectivity index (χ3v) is 5.14. The van der Waals surface area contributed by atoms with Crippen LogP contribution in [0.1, 0.15) is 47.0 Å². The fourth-order valence-electron chi connectivity index (χ4n) is 3.12. The Bertz CT molecular complexity index is 290. The van der Waals surface area contributed by atoms with Gasteiger partial charge in [-0.05, 0) is 37.5 Å². The van der Waals surface area contributed by atoms with Crippen LogP contribution in [0.2, 0.25) is 0 Å². The number of hydrogen-bond acceptors (Lipinski definition) is 4. The van der Waals surface area contributed by atoms with Crippen LogP contribution < -0.4 is 0 Å². The lowest BCUT2D eigenvalue weighted by molar-refractivity contribution is -0.312. The van der Waals surface area contributed by atoms with Gasteiger partial charge in [-0.2, -0.15) is 0 Å². The summed E-state index contributed by atoms with van der Waals surface area (Å²) in [6.45, 7) is 7.40. The number of fused-ring (bicyclic) bond motifs is 2. The Morgan fingerprint density at radius 2 is 1.67 bits per heavy atom. The summed E-state index contributed by atoms with van der Waals surface area (Å²) >= 11 is 5.11. The van der Waals surface area contributed by atoms with Crippen LogP contribution >= 0.6 is 11.6 Å². The average Bonchev–Trinajstić information content (AvgIpc) is 2.22. The molecule has 0 aromatic heterocycles. The molecule has 18 heavy (non-hydrogen) atoms. The molecular weight excluding hydrogens is 254 g/mol. The Kier molecular flexibility index (Phi) is 4.47. The lowest BCUT2D eigenvalue weighted by atomic mass is 9.41. The molecule has 0 saturated heterocycles. The van der Waals surface area contributed by atoms with E-state index < -0.39 is 23.6 Å². The van der Waals surface area contributed by atoms with Crippen LogP contribution in [-0.2, 0) is 0 Å². The van der Waals surface area contributed by atoms with Gasteiger partial charge in [0.15, 0.2) is 0 Å². The van der Waals surface area contributed by atoms with Crippen molar-refractivity contribution in [2.75, 3.05) is 0 Å². The summed E-state index contributed by atoms with van der Waals surface area (Å²) in [6, 6.07) is 0. The normalized spacial score (nSPS) is 42.2. The van der Waals surface area contributed by atoms with E-state index in [2.05, 4.69) is 13.8 Å². The molecule has 2 bridgehead atoms. The van der Waals surface area contributed by atoms with Gasteiger partial charge in [0.05, 0.1) is 16.5 Å². The Morgan fingerprint density at radius 1 is 1.22 bits per heavy atom. The molecule has 0 radical (unpaired) electrons. The molecule has 3 aliphatic rings. The first-order chi connectivity index (χ1) is 7.96. The van der Waals surface area contributed by atoms with Crippen molar-refractivity contribution in [1.82, 2.24) is 0 Å². The minimum Gasteiger partial charge on any atom is -0.426 e. The fourth-order valence-corrected chi connectivity index (χ4v) is 3.12. The van der Waals surface area contributed by atoms with Crippen molar-refractivity contribution in [3.63, 3.8) is 0 Å². The van der Waals surface area contributed by atoms with E-state index in [1.807, 2.05) is 0 Å². The van der Waals surface area contributed by atoms with Gasteiger partial charge in [0, 0.05) is 0 Å². The van der Waals surface area contributed by atoms with E-state index in [4.69, 9.17) is 21.6 Å². The van der Waals surface area contributed by atoms with Crippen LogP contribution in [-0.4, -0.2) is 43.9 Å². The Morgan fingerprint density at radius 3 is 1.89 bits per heavy atom. The van der Waals surface area contributed by atoms with Crippen LogP contribution in [0.4, 0.5) is 0 Å². The van der Waals surface area contributed by atoms with Crippen LogP contribution in [0.15, 0.2) is 0 Å². The van der Waals surface area contributed by atoms with Gasteiger partial charge >= 0.3 is 7.12 Å². The van der Waals surface area contributed by atoms with Crippen LogP contribution in [0.25, 0.3) is 0 Å². The quantitative estimate of drug-likeness (QED) is 0.425. The van der Waals surface area contributed by atoms with Gasteiger partial charge in [-0.25, -0.2) is 0 Å². The van der Waals surface area contributed by atoms with Crippen LogP contribution in [0.3, 0.4) is 0 Å². The van der Waals surface area contributed by atoms with Crippen molar-refractivity contribution in [2.24, 2.45) is 11.3 Å². The number of halogens is 1. The van der Waals surface area contributed by atoms with Crippen molar-refractivity contribution in [3.8, 4) is 0 Å². The second kappa shape index (κ2) is 4.95. The molecule has 3 rings (SSSR count). The van der Waals surface area contributed by atoms with Gasteiger partial charge in [0.25, 0.3) is 0 Å². The molecule has 106 valence electrons. The van der Waals surface area contributed by atoms with E-state index in [0.29, 0.717) is 5.92 Å². The lowest BCUT2D eigenvalue weighted by Crippen LogP contribution is -2.74. The zero-order valence-corrected chi connectivity index (χ0v) is 12.3. The summed E-state index contributed by atoms with van der Waals surface area (Å²) in [5.41, 5.74) is -1.79. The molecule has 3 fully saturated rings. The Labute approximate surface area is 114 Å². The van der Waals surface area contributed by atoms with Gasteiger partial charge in [-0.1, -0.05) is 20.8 Å². The first-order valence-electron chi connectivity index (χ1n) is 6.40. The van der Waals surface area contributed by atoms with E-state index >= 15 is 0 Å². The van der Waals surface area contributed by atoms with Crippen molar-refractivity contribution < 1.29 is 20.3 Å². The maximum Gasteiger partial charge on any atom is 0.470 e. The second-order valence-electron chi connectivity index (χ2n) is 6.39. The lowest BCUT2D eigenvalue weighted by Gasteiger charge is -2.68. The summed E-state index contributed by atoms with van der Waals surface area (Å²) < 4.78 is 0. The van der Waals surface area contributed by atoms with Crippen molar-refractivity contribution in [1.29, 1.82) is 0 Å². The maximum absolute atomic E-state index is 10.2. The Hall–Kier alpha value is 0.195. The summed E-state index contributed by atoms with van der Waals surface area (Å²) in [6.07, 6.45) is 2.59. The highest BCUT2D eigenvalue weighted by Crippen LogP contribution is 2.65. The molecule has 4 atom stereocenters. The molecule has 0 aromatic carbocycles. The van der Waals surface area contributed by atoms with E-state index in [-0.39, 0.29) is 5.41 Å². The summed E-state index contributed by atoms with van der Waals surface area (Å²) in [5.74, 6) is 0.614. The first kappa shape index (κ1) is 16.2. The minimum atomic E-state index is -1.38. The fraction of sp³-hybridized carbons (Fsp3) is 1.00. The zero-order valence-electron chi connectivity index (χ0n) is 11.5. The van der Waals surface area contributed by atoms with Gasteiger partial charge in [0.2, 0.25) is 0 Å². The molecular formula is C12H24BClO4. The molecule has 0 aliphatic heterocycles. The molecule has 3 saturated carbocycles. The monoisotopic (exact) mass is 278 g/mol. The molecule has 0 heterocycles. The molecule has 0 amide bonds. The molecule has 4 N–H and O–H groups in total. The first-order valence-corrected chi connectivity index (χ1v) is 6.84. The van der Waals surface area contributed by atoms with Gasteiger partial charge < -0.3 is 20.3 Å². The van der Waals surface area contributed by atoms with Crippen LogP contribution in [0, 0.1) is 11.3 Å². The number of hydrogen-bond donors (Lipinski definition) is 4. The zero-order chi connectivity index (χ0) is 14.4. The van der Waals surface area contributed by atoms with Crippen molar-refractivity contribution >= 4 is 18.7 Å². The average molecular weight is 279 g/mol. The number of aliphatic hydroxyl groups is 2. The molecule has 0 spiro atoms. The van der Waals surface area contributed by atoms with E-state index in [1.165, 1.54) is 6.92 Å². The predicted molar refractivity (Wildman–Crippen MR) is 72.2 cm³/mol. The van der Waals surface area contributed by atoms with Crippen molar-refractivity contribution in [3.05, 3.63) is 0 Å². The van der Waals surface area contributed by atoms with Gasteiger partial charge in [-0.3, -0.25) is 0 Å². The highest BCUT2D eigenvalue weighted by atomic mass is 35.5. The van der Waals surface area contributed by atoms with Crippen LogP contribution in [0.5, 0.6) is 0 Å². The largest absolute Gasteiger partial charge is 0.470 e. The van der Waals surface area contributed by atoms with E-state index in [9.17, 15) is 10.2 Å². The smallest absolute Gasteiger partial charge is 0.426 e. The SMILES string of the molecule is CC1(O)CCC2C[C@]1(O)C2(C)C.C[C@@H](Cl)B(O)O. The van der Waals surface area contributed by atoms with Gasteiger partial charge in [-0.15, -0.1) is 11.6 Å². The van der Waals surface area contributed by atoms with Crippen molar-refractivity contribution in [2.45, 2.75) is 63.4 Å². The molecule has 4 nitrogen and oxygen atoms in total. The Balaban J connectivity index is 0.000000232. The molecule has 2 unspecified atom stereocenters. The third-order valence-electron chi connectivity index (χ3n) is 4.91. The summed E-state index contributed by atoms with van der Waals surface area (Å²) in [7, 11) is -1.38. The third kappa shape index (κ3) is 2.43. The highest BCUT2D eigenvalue weighted by molar-refractivity contribution is 6.56. The molecule has 6 heteroatoms. The maximum atomic E-state index is 10.2. The molecule has 3 aliphatic carbocycles. The highest BCUT2D eigenvalue weighted by Gasteiger charge is 2.69. The van der Waals surface area contributed by atoms with Gasteiger partial charge in [0.1, 0.15) is 0 Å². The summed E-state index contributed by atoms with van der Waals surface area (Å²) in [4.78, 5) is 0. The number of rotatable bonds is 1. The predicted octanol–water partition coefficient (Wildman–Crippen LogP) is 0.934.